The number of urea groups is 1. The van der Waals surface area contributed by atoms with Gasteiger partial charge in [0, 0.05) is 56.2 Å². The molecule has 0 radical (unpaired) electrons. The molecule has 0 saturated carbocycles. The van der Waals surface area contributed by atoms with Crippen LogP contribution < -0.4 is 21.3 Å². The summed E-state index contributed by atoms with van der Waals surface area (Å²) in [6.07, 6.45) is 4.83. The second-order valence-corrected chi connectivity index (χ2v) is 11.6. The lowest BCUT2D eigenvalue weighted by molar-refractivity contribution is -0.121. The number of hydrogen-bond acceptors (Lipinski definition) is 7. The topological polar surface area (TPSA) is 163 Å². The van der Waals surface area contributed by atoms with Crippen LogP contribution in [-0.2, 0) is 19.0 Å². The minimum absolute atomic E-state index is 0.0595. The highest BCUT2D eigenvalue weighted by molar-refractivity contribution is 8.00. The van der Waals surface area contributed by atoms with Crippen molar-refractivity contribution < 1.29 is 33.4 Å². The quantitative estimate of drug-likeness (QED) is 0.0549. The van der Waals surface area contributed by atoms with Crippen LogP contribution in [0.25, 0.3) is 5.53 Å². The predicted molar refractivity (Wildman–Crippen MR) is 161 cm³/mol. The molecule has 3 atom stereocenters. The van der Waals surface area contributed by atoms with Gasteiger partial charge in [0.05, 0.1) is 44.1 Å². The van der Waals surface area contributed by atoms with Gasteiger partial charge >= 0.3 is 6.03 Å². The molecule has 1 aromatic rings. The minimum Gasteiger partial charge on any atom is -0.379 e. The Labute approximate surface area is 252 Å². The lowest BCUT2D eigenvalue weighted by atomic mass is 10.0. The number of nitrogens with one attached hydrogen (secondary N) is 4. The van der Waals surface area contributed by atoms with Crippen LogP contribution in [0.5, 0.6) is 0 Å². The zero-order valence-corrected chi connectivity index (χ0v) is 25.2. The number of unbranched alkanes of at least 4 members (excludes halogenated alkanes) is 1. The van der Waals surface area contributed by atoms with Gasteiger partial charge in [0.15, 0.2) is 0 Å². The number of hydrogen-bond donors (Lipinski definition) is 4. The molecule has 3 rings (SSSR count). The van der Waals surface area contributed by atoms with Gasteiger partial charge in [-0.3, -0.25) is 9.59 Å². The number of benzene rings is 1. The van der Waals surface area contributed by atoms with E-state index in [2.05, 4.69) is 26.1 Å². The van der Waals surface area contributed by atoms with Gasteiger partial charge in [-0.25, -0.2) is 4.79 Å². The van der Waals surface area contributed by atoms with Crippen LogP contribution in [0, 0.1) is 0 Å². The molecule has 0 aliphatic carbocycles. The third kappa shape index (κ3) is 12.1. The average Bonchev–Trinajstić information content (AvgIpc) is 3.55. The number of rotatable bonds is 21. The number of thioether (sulfide) groups is 1. The van der Waals surface area contributed by atoms with E-state index in [0.29, 0.717) is 82.1 Å². The predicted octanol–water partition coefficient (Wildman–Crippen LogP) is 2.13. The monoisotopic (exact) mass is 604 g/mol. The molecule has 2 aliphatic heterocycles. The second kappa shape index (κ2) is 19.3. The molecule has 42 heavy (non-hydrogen) atoms. The van der Waals surface area contributed by atoms with E-state index in [-0.39, 0.29) is 29.9 Å². The van der Waals surface area contributed by atoms with E-state index in [1.165, 1.54) is 0 Å². The van der Waals surface area contributed by atoms with Crippen LogP contribution in [0.2, 0.25) is 0 Å². The normalized spacial score (nSPS) is 19.0. The maximum Gasteiger partial charge on any atom is 0.315 e. The van der Waals surface area contributed by atoms with Crippen molar-refractivity contribution in [1.82, 2.24) is 21.3 Å². The number of ether oxygens (including phenoxy) is 3. The van der Waals surface area contributed by atoms with Crippen molar-refractivity contribution in [3.05, 3.63) is 40.9 Å². The Morgan fingerprint density at radius 3 is 2.19 bits per heavy atom. The molecular weight excluding hydrogens is 560 g/mol. The molecular formula is C29H44N6O6S. The maximum absolute atomic E-state index is 12.2. The van der Waals surface area contributed by atoms with E-state index >= 15 is 0 Å². The number of fused-ring (bicyclic) bond motifs is 1. The van der Waals surface area contributed by atoms with Gasteiger partial charge in [-0.05, 0) is 49.9 Å². The molecule has 2 heterocycles. The molecule has 12 nitrogen and oxygen atoms in total. The summed E-state index contributed by atoms with van der Waals surface area (Å²) >= 11 is 1.90. The molecule has 13 heteroatoms. The van der Waals surface area contributed by atoms with Gasteiger partial charge in [-0.15, -0.1) is 0 Å². The molecule has 2 aliphatic rings. The third-order valence-corrected chi connectivity index (χ3v) is 8.59. The number of carbonyl (C=O) groups is 3. The molecule has 0 bridgehead atoms. The third-order valence-electron chi connectivity index (χ3n) is 7.08. The van der Waals surface area contributed by atoms with Gasteiger partial charge < -0.3 is 41.0 Å². The highest BCUT2D eigenvalue weighted by Crippen LogP contribution is 2.33. The Balaban J connectivity index is 1.03. The zero-order chi connectivity index (χ0) is 30.0. The molecule has 232 valence electrons. The SMILES string of the molecule is CC(=[N+]=[N-])c1ccc(C(=O)NCCCOCCOCCOCCCNC(=O)CCCCC2SCC3NC(=O)NC32)cc1. The first-order valence-electron chi connectivity index (χ1n) is 14.7. The van der Waals surface area contributed by atoms with E-state index < -0.39 is 0 Å². The number of amides is 4. The lowest BCUT2D eigenvalue weighted by Gasteiger charge is -2.16. The molecule has 0 aromatic heterocycles. The Hall–Kier alpha value is -2.96. The van der Waals surface area contributed by atoms with Crippen LogP contribution in [-0.4, -0.2) is 104 Å². The second-order valence-electron chi connectivity index (χ2n) is 10.3. The summed E-state index contributed by atoms with van der Waals surface area (Å²) in [5, 5.41) is 12.2. The highest BCUT2D eigenvalue weighted by Gasteiger charge is 2.42. The Morgan fingerprint density at radius 2 is 1.52 bits per heavy atom. The first kappa shape index (κ1) is 33.5. The van der Waals surface area contributed by atoms with Crippen LogP contribution in [0.1, 0.15) is 61.4 Å². The molecule has 2 saturated heterocycles. The van der Waals surface area contributed by atoms with Crippen molar-refractivity contribution >= 4 is 35.3 Å². The first-order chi connectivity index (χ1) is 20.5. The summed E-state index contributed by atoms with van der Waals surface area (Å²) in [7, 11) is 0. The first-order valence-corrected chi connectivity index (χ1v) is 15.8. The molecule has 1 aromatic carbocycles. The zero-order valence-electron chi connectivity index (χ0n) is 24.4. The summed E-state index contributed by atoms with van der Waals surface area (Å²) < 4.78 is 16.6. The standard InChI is InChI=1S/C29H44N6O6S/c1-21(35-30)22-8-10-23(11-9-22)28(37)32-13-5-15-40-17-19-41-18-16-39-14-4-12-31-26(36)7-3-2-6-25-27-24(20-42-25)33-29(38)34-27/h8-11,24-25,27H,2-7,12-20H2,1H3,(H,31,36)(H,32,37)(H2,33,34,38). The van der Waals surface area contributed by atoms with Crippen molar-refractivity contribution in [3.8, 4) is 0 Å². The lowest BCUT2D eigenvalue weighted by Crippen LogP contribution is -2.36. The molecule has 4 N–H and O–H groups in total. The smallest absolute Gasteiger partial charge is 0.315 e. The maximum atomic E-state index is 12.2. The van der Waals surface area contributed by atoms with Crippen LogP contribution in [0.15, 0.2) is 24.3 Å². The van der Waals surface area contributed by atoms with E-state index in [0.717, 1.165) is 37.0 Å². The van der Waals surface area contributed by atoms with E-state index in [4.69, 9.17) is 19.7 Å². The molecule has 3 unspecified atom stereocenters. The molecule has 4 amide bonds. The van der Waals surface area contributed by atoms with Crippen molar-refractivity contribution in [2.24, 2.45) is 0 Å². The van der Waals surface area contributed by atoms with Gasteiger partial charge in [0.1, 0.15) is 0 Å². The minimum atomic E-state index is -0.158. The van der Waals surface area contributed by atoms with Crippen molar-refractivity contribution in [1.29, 1.82) is 0 Å². The van der Waals surface area contributed by atoms with Gasteiger partial charge in [0.2, 0.25) is 5.91 Å². The van der Waals surface area contributed by atoms with Crippen LogP contribution in [0.3, 0.4) is 0 Å². The van der Waals surface area contributed by atoms with E-state index in [9.17, 15) is 14.4 Å². The van der Waals surface area contributed by atoms with Gasteiger partial charge in [-0.2, -0.15) is 16.6 Å². The summed E-state index contributed by atoms with van der Waals surface area (Å²) in [5.41, 5.74) is 10.6. The summed E-state index contributed by atoms with van der Waals surface area (Å²) in [4.78, 5) is 38.8. The van der Waals surface area contributed by atoms with Crippen molar-refractivity contribution in [2.75, 3.05) is 58.5 Å². The fourth-order valence-corrected chi connectivity index (χ4v) is 6.25. The average molecular weight is 605 g/mol. The molecule has 2 fully saturated rings. The van der Waals surface area contributed by atoms with E-state index in [1.54, 1.807) is 31.2 Å². The van der Waals surface area contributed by atoms with Crippen molar-refractivity contribution in [2.45, 2.75) is 62.8 Å². The molecule has 0 spiro atoms. The van der Waals surface area contributed by atoms with Crippen LogP contribution in [0.4, 0.5) is 4.79 Å². The summed E-state index contributed by atoms with van der Waals surface area (Å²) in [5.74, 6) is 0.877. The van der Waals surface area contributed by atoms with Crippen molar-refractivity contribution in [3.63, 3.8) is 0 Å². The fourth-order valence-electron chi connectivity index (χ4n) is 4.71. The Kier molecular flexibility index (Phi) is 15.4. The Morgan fingerprint density at radius 1 is 0.905 bits per heavy atom. The summed E-state index contributed by atoms with van der Waals surface area (Å²) in [6.45, 7) is 5.80. The van der Waals surface area contributed by atoms with Crippen LogP contribution >= 0.6 is 11.8 Å². The number of carbonyl (C=O) groups excluding carboxylic acids is 3. The van der Waals surface area contributed by atoms with E-state index in [1.807, 2.05) is 11.8 Å². The fraction of sp³-hybridized carbons (Fsp3) is 0.655. The summed E-state index contributed by atoms with van der Waals surface area (Å²) in [6, 6.07) is 7.29. The van der Waals surface area contributed by atoms with Gasteiger partial charge in [-0.1, -0.05) is 6.42 Å². The number of nitrogens with zero attached hydrogens (tertiary/aromatic N) is 2. The largest absolute Gasteiger partial charge is 0.379 e. The van der Waals surface area contributed by atoms with Gasteiger partial charge in [0.25, 0.3) is 11.6 Å². The highest BCUT2D eigenvalue weighted by atomic mass is 32.2. The Bertz CT molecular complexity index is 1050.